The quantitative estimate of drug-likeness (QED) is 0.397. The summed E-state index contributed by atoms with van der Waals surface area (Å²) in [6.45, 7) is 2.57. The summed E-state index contributed by atoms with van der Waals surface area (Å²) >= 11 is 0. The lowest BCUT2D eigenvalue weighted by Crippen LogP contribution is -2.31. The molecule has 1 atom stereocenters. The van der Waals surface area contributed by atoms with Crippen molar-refractivity contribution in [2.24, 2.45) is 5.73 Å². The van der Waals surface area contributed by atoms with Gasteiger partial charge in [-0.1, -0.05) is 0 Å². The number of nitrogens with one attached hydrogen (secondary N) is 1. The summed E-state index contributed by atoms with van der Waals surface area (Å²) in [5.74, 6) is 0. The van der Waals surface area contributed by atoms with Gasteiger partial charge in [-0.05, 0) is 6.92 Å². The third-order valence-electron chi connectivity index (χ3n) is 0.578. The fourth-order valence-corrected chi connectivity index (χ4v) is 0.292. The highest BCUT2D eigenvalue weighted by atomic mass is 16.3. The summed E-state index contributed by atoms with van der Waals surface area (Å²) in [6, 6.07) is 0.132. The number of nitrogens with two attached hydrogens (primary N) is 1. The molecule has 0 saturated carbocycles. The molecule has 0 saturated heterocycles. The Morgan fingerprint density at radius 3 is 2.57 bits per heavy atom. The maximum absolute atomic E-state index is 8.15. The highest BCUT2D eigenvalue weighted by Crippen LogP contribution is 1.65. The topological polar surface area (TPSA) is 58.3 Å². The Bertz CT molecular complexity index is 38.7. The van der Waals surface area contributed by atoms with Crippen LogP contribution in [0.5, 0.6) is 0 Å². The lowest BCUT2D eigenvalue weighted by molar-refractivity contribution is 0.258. The molecule has 0 aromatic carbocycles. The molecule has 0 aliphatic heterocycles. The van der Waals surface area contributed by atoms with Crippen LogP contribution in [0.25, 0.3) is 0 Å². The first-order valence-electron chi connectivity index (χ1n) is 2.34. The summed E-state index contributed by atoms with van der Waals surface area (Å²) < 4.78 is 0. The molecule has 1 unspecified atom stereocenters. The van der Waals surface area contributed by atoms with E-state index in [4.69, 9.17) is 10.8 Å². The summed E-state index contributed by atoms with van der Waals surface area (Å²) in [6.07, 6.45) is 0. The Kier molecular flexibility index (Phi) is 3.98. The van der Waals surface area contributed by atoms with Gasteiger partial charge in [0.25, 0.3) is 0 Å². The molecule has 3 heteroatoms. The van der Waals surface area contributed by atoms with Gasteiger partial charge in [-0.3, -0.25) is 5.32 Å². The molecule has 44 valence electrons. The second-order valence-electron chi connectivity index (χ2n) is 1.59. The number of rotatable bonds is 3. The average Bonchev–Trinajstić information content (AvgIpc) is 1.61. The largest absolute Gasteiger partial charge is 0.381 e. The molecule has 0 aromatic heterocycles. The van der Waals surface area contributed by atoms with Crippen molar-refractivity contribution >= 4 is 0 Å². The minimum atomic E-state index is 0.0154. The lowest BCUT2D eigenvalue weighted by Gasteiger charge is -2.01. The Hall–Kier alpha value is -0.120. The molecular formula is C4H12N2O. The van der Waals surface area contributed by atoms with Crippen LogP contribution >= 0.6 is 0 Å². The summed E-state index contributed by atoms with van der Waals surface area (Å²) in [7, 11) is 0. The minimum Gasteiger partial charge on any atom is -0.381 e. The molecule has 0 amide bonds. The van der Waals surface area contributed by atoms with E-state index < -0.39 is 0 Å². The van der Waals surface area contributed by atoms with E-state index in [0.717, 1.165) is 0 Å². The SMILES string of the molecule is CC(N)CNCO. The first kappa shape index (κ1) is 6.88. The van der Waals surface area contributed by atoms with Gasteiger partial charge < -0.3 is 10.8 Å². The molecule has 4 N–H and O–H groups in total. The molecule has 0 aliphatic rings. The second kappa shape index (κ2) is 4.05. The second-order valence-corrected chi connectivity index (χ2v) is 1.59. The first-order valence-corrected chi connectivity index (χ1v) is 2.34. The zero-order valence-electron chi connectivity index (χ0n) is 4.52. The van der Waals surface area contributed by atoms with Crippen LogP contribution in [0.1, 0.15) is 6.92 Å². The lowest BCUT2D eigenvalue weighted by atomic mass is 10.4. The van der Waals surface area contributed by atoms with E-state index in [2.05, 4.69) is 5.32 Å². The van der Waals surface area contributed by atoms with Gasteiger partial charge in [-0.25, -0.2) is 0 Å². The molecular weight excluding hydrogens is 92.1 g/mol. The van der Waals surface area contributed by atoms with Crippen molar-refractivity contribution in [3.63, 3.8) is 0 Å². The Balaban J connectivity index is 2.68. The van der Waals surface area contributed by atoms with Crippen molar-refractivity contribution in [2.45, 2.75) is 13.0 Å². The molecule has 0 fully saturated rings. The van der Waals surface area contributed by atoms with Crippen LogP contribution < -0.4 is 11.1 Å². The maximum atomic E-state index is 8.15. The molecule has 0 heterocycles. The van der Waals surface area contributed by atoms with Gasteiger partial charge in [0.15, 0.2) is 0 Å². The van der Waals surface area contributed by atoms with E-state index in [1.165, 1.54) is 0 Å². The Labute approximate surface area is 43.5 Å². The van der Waals surface area contributed by atoms with E-state index in [1.54, 1.807) is 0 Å². The van der Waals surface area contributed by atoms with Crippen molar-refractivity contribution in [3.8, 4) is 0 Å². The standard InChI is InChI=1S/C4H12N2O/c1-4(5)2-6-3-7/h4,6-7H,2-3,5H2,1H3. The normalized spacial score (nSPS) is 14.1. The third kappa shape index (κ3) is 5.88. The van der Waals surface area contributed by atoms with Gasteiger partial charge in [0.2, 0.25) is 0 Å². The molecule has 7 heavy (non-hydrogen) atoms. The van der Waals surface area contributed by atoms with Crippen LogP contribution in [0.3, 0.4) is 0 Å². The number of hydrogen-bond donors (Lipinski definition) is 3. The van der Waals surface area contributed by atoms with Crippen LogP contribution in [0, 0.1) is 0 Å². The van der Waals surface area contributed by atoms with Crippen LogP contribution in [0.2, 0.25) is 0 Å². The van der Waals surface area contributed by atoms with Gasteiger partial charge >= 0.3 is 0 Å². The number of hydrogen-bond acceptors (Lipinski definition) is 3. The Morgan fingerprint density at radius 2 is 2.43 bits per heavy atom. The predicted octanol–water partition coefficient (Wildman–Crippen LogP) is -1.13. The van der Waals surface area contributed by atoms with Gasteiger partial charge in [-0.15, -0.1) is 0 Å². The van der Waals surface area contributed by atoms with Crippen molar-refractivity contribution in [1.82, 2.24) is 5.32 Å². The zero-order chi connectivity index (χ0) is 5.70. The van der Waals surface area contributed by atoms with Crippen molar-refractivity contribution < 1.29 is 5.11 Å². The summed E-state index contributed by atoms with van der Waals surface area (Å²) in [4.78, 5) is 0. The van der Waals surface area contributed by atoms with Crippen LogP contribution in [0.4, 0.5) is 0 Å². The van der Waals surface area contributed by atoms with E-state index in [9.17, 15) is 0 Å². The summed E-state index contributed by atoms with van der Waals surface area (Å²) in [5.41, 5.74) is 5.30. The Morgan fingerprint density at radius 1 is 1.86 bits per heavy atom. The van der Waals surface area contributed by atoms with E-state index in [0.29, 0.717) is 6.54 Å². The fourth-order valence-electron chi connectivity index (χ4n) is 0.292. The van der Waals surface area contributed by atoms with E-state index in [1.807, 2.05) is 6.92 Å². The van der Waals surface area contributed by atoms with Crippen molar-refractivity contribution in [1.29, 1.82) is 0 Å². The molecule has 0 bridgehead atoms. The van der Waals surface area contributed by atoms with Gasteiger partial charge in [-0.2, -0.15) is 0 Å². The first-order chi connectivity index (χ1) is 3.27. The van der Waals surface area contributed by atoms with Crippen LogP contribution in [0.15, 0.2) is 0 Å². The van der Waals surface area contributed by atoms with Crippen LogP contribution in [-0.2, 0) is 0 Å². The van der Waals surface area contributed by atoms with E-state index in [-0.39, 0.29) is 12.8 Å². The molecule has 0 spiro atoms. The smallest absolute Gasteiger partial charge is 0.0932 e. The number of aliphatic hydroxyl groups is 1. The van der Waals surface area contributed by atoms with Crippen molar-refractivity contribution in [2.75, 3.05) is 13.3 Å². The fraction of sp³-hybridized carbons (Fsp3) is 1.00. The summed E-state index contributed by atoms with van der Waals surface area (Å²) in [5, 5.41) is 10.8. The zero-order valence-corrected chi connectivity index (χ0v) is 4.52. The highest BCUT2D eigenvalue weighted by molar-refractivity contribution is 4.52. The maximum Gasteiger partial charge on any atom is 0.0932 e. The van der Waals surface area contributed by atoms with Gasteiger partial charge in [0, 0.05) is 12.6 Å². The van der Waals surface area contributed by atoms with Crippen molar-refractivity contribution in [3.05, 3.63) is 0 Å². The minimum absolute atomic E-state index is 0.0154. The molecule has 0 radical (unpaired) electrons. The molecule has 0 aliphatic carbocycles. The monoisotopic (exact) mass is 104 g/mol. The molecule has 0 aromatic rings. The van der Waals surface area contributed by atoms with Gasteiger partial charge in [0.1, 0.15) is 0 Å². The average molecular weight is 104 g/mol. The third-order valence-corrected chi connectivity index (χ3v) is 0.578. The molecule has 3 nitrogen and oxygen atoms in total. The van der Waals surface area contributed by atoms with E-state index >= 15 is 0 Å². The van der Waals surface area contributed by atoms with Crippen LogP contribution in [-0.4, -0.2) is 24.4 Å². The van der Waals surface area contributed by atoms with Gasteiger partial charge in [0.05, 0.1) is 6.73 Å². The number of aliphatic hydroxyl groups excluding tert-OH is 1. The predicted molar refractivity (Wildman–Crippen MR) is 28.7 cm³/mol. The molecule has 0 rings (SSSR count). The highest BCUT2D eigenvalue weighted by Gasteiger charge is 1.87.